The van der Waals surface area contributed by atoms with Crippen molar-refractivity contribution < 1.29 is 0 Å². The first-order valence-electron chi connectivity index (χ1n) is 5.10. The molecule has 0 saturated carbocycles. The zero-order valence-electron chi connectivity index (χ0n) is 8.43. The van der Waals surface area contributed by atoms with Gasteiger partial charge in [0, 0.05) is 12.6 Å². The van der Waals surface area contributed by atoms with Crippen molar-refractivity contribution in [3.63, 3.8) is 0 Å². The summed E-state index contributed by atoms with van der Waals surface area (Å²) in [5.41, 5.74) is 3.26. The fourth-order valence-corrected chi connectivity index (χ4v) is 2.72. The Morgan fingerprint density at radius 3 is 2.83 bits per heavy atom. The van der Waals surface area contributed by atoms with Gasteiger partial charge in [-0.2, -0.15) is 0 Å². The van der Waals surface area contributed by atoms with E-state index in [1.165, 1.54) is 25.9 Å². The van der Waals surface area contributed by atoms with Gasteiger partial charge in [0.1, 0.15) is 0 Å². The molecule has 0 aliphatic carbocycles. The SMILES string of the molecule is CC1=C(C)C(C)C2CCCN2C1. The lowest BCUT2D eigenvalue weighted by molar-refractivity contribution is 0.211. The van der Waals surface area contributed by atoms with Gasteiger partial charge >= 0.3 is 0 Å². The first-order chi connectivity index (χ1) is 5.70. The van der Waals surface area contributed by atoms with Crippen molar-refractivity contribution in [2.75, 3.05) is 13.1 Å². The summed E-state index contributed by atoms with van der Waals surface area (Å²) >= 11 is 0. The number of hydrogen-bond acceptors (Lipinski definition) is 1. The van der Waals surface area contributed by atoms with Gasteiger partial charge in [0.15, 0.2) is 0 Å². The highest BCUT2D eigenvalue weighted by atomic mass is 15.2. The molecule has 2 heterocycles. The van der Waals surface area contributed by atoms with E-state index in [1.54, 1.807) is 11.1 Å². The molecule has 1 fully saturated rings. The Morgan fingerprint density at radius 2 is 2.08 bits per heavy atom. The Kier molecular flexibility index (Phi) is 1.99. The van der Waals surface area contributed by atoms with Crippen LogP contribution < -0.4 is 0 Å². The van der Waals surface area contributed by atoms with Crippen LogP contribution in [0.25, 0.3) is 0 Å². The monoisotopic (exact) mass is 165 g/mol. The second-order valence-corrected chi connectivity index (χ2v) is 4.43. The van der Waals surface area contributed by atoms with Crippen LogP contribution in [0.5, 0.6) is 0 Å². The summed E-state index contributed by atoms with van der Waals surface area (Å²) in [4.78, 5) is 2.66. The van der Waals surface area contributed by atoms with E-state index in [-0.39, 0.29) is 0 Å². The van der Waals surface area contributed by atoms with Crippen LogP contribution >= 0.6 is 0 Å². The molecule has 0 amide bonds. The molecule has 0 N–H and O–H groups in total. The van der Waals surface area contributed by atoms with Gasteiger partial charge in [0.2, 0.25) is 0 Å². The Bertz CT molecular complexity index is 217. The van der Waals surface area contributed by atoms with Gasteiger partial charge in [-0.15, -0.1) is 0 Å². The average molecular weight is 165 g/mol. The normalized spacial score (nSPS) is 37.2. The summed E-state index contributed by atoms with van der Waals surface area (Å²) in [6.07, 6.45) is 2.83. The third-order valence-electron chi connectivity index (χ3n) is 3.79. The Balaban J connectivity index is 2.24. The summed E-state index contributed by atoms with van der Waals surface area (Å²) in [5.74, 6) is 0.807. The molecule has 0 aromatic carbocycles. The third kappa shape index (κ3) is 1.11. The second kappa shape index (κ2) is 2.88. The zero-order valence-corrected chi connectivity index (χ0v) is 8.43. The molecule has 1 nitrogen and oxygen atoms in total. The molecule has 12 heavy (non-hydrogen) atoms. The third-order valence-corrected chi connectivity index (χ3v) is 3.79. The molecule has 1 heteroatoms. The molecule has 0 radical (unpaired) electrons. The lowest BCUT2D eigenvalue weighted by atomic mass is 9.86. The van der Waals surface area contributed by atoms with Crippen molar-refractivity contribution in [3.05, 3.63) is 11.1 Å². The Hall–Kier alpha value is -0.300. The van der Waals surface area contributed by atoms with Crippen LogP contribution in [0, 0.1) is 5.92 Å². The summed E-state index contributed by atoms with van der Waals surface area (Å²) in [6, 6.07) is 0.869. The van der Waals surface area contributed by atoms with E-state index >= 15 is 0 Å². The summed E-state index contributed by atoms with van der Waals surface area (Å²) in [7, 11) is 0. The predicted molar refractivity (Wildman–Crippen MR) is 52.1 cm³/mol. The van der Waals surface area contributed by atoms with Gasteiger partial charge in [0.05, 0.1) is 0 Å². The highest BCUT2D eigenvalue weighted by molar-refractivity contribution is 5.20. The molecule has 1 saturated heterocycles. The number of rotatable bonds is 0. The van der Waals surface area contributed by atoms with Gasteiger partial charge in [0.25, 0.3) is 0 Å². The minimum atomic E-state index is 0.807. The second-order valence-electron chi connectivity index (χ2n) is 4.43. The van der Waals surface area contributed by atoms with Gasteiger partial charge in [-0.25, -0.2) is 0 Å². The van der Waals surface area contributed by atoms with Crippen LogP contribution in [0.1, 0.15) is 33.6 Å². The summed E-state index contributed by atoms with van der Waals surface area (Å²) in [6.45, 7) is 9.57. The molecule has 2 atom stereocenters. The van der Waals surface area contributed by atoms with Crippen molar-refractivity contribution in [3.8, 4) is 0 Å². The highest BCUT2D eigenvalue weighted by Gasteiger charge is 2.33. The lowest BCUT2D eigenvalue weighted by Gasteiger charge is -2.36. The van der Waals surface area contributed by atoms with Crippen LogP contribution in [-0.2, 0) is 0 Å². The molecule has 0 spiro atoms. The van der Waals surface area contributed by atoms with Gasteiger partial charge in [-0.05, 0) is 39.2 Å². The molecule has 0 aromatic rings. The van der Waals surface area contributed by atoms with Gasteiger partial charge < -0.3 is 0 Å². The summed E-state index contributed by atoms with van der Waals surface area (Å²) in [5, 5.41) is 0. The van der Waals surface area contributed by atoms with Crippen molar-refractivity contribution in [2.45, 2.75) is 39.7 Å². The maximum atomic E-state index is 2.66. The van der Waals surface area contributed by atoms with E-state index in [0.29, 0.717) is 0 Å². The van der Waals surface area contributed by atoms with E-state index in [0.717, 1.165) is 12.0 Å². The van der Waals surface area contributed by atoms with Crippen LogP contribution in [-0.4, -0.2) is 24.0 Å². The molecule has 68 valence electrons. The standard InChI is InChI=1S/C11H19N/c1-8-7-12-6-4-5-11(12)10(3)9(8)2/h10-11H,4-7H2,1-3H3. The van der Waals surface area contributed by atoms with Gasteiger partial charge in [-0.1, -0.05) is 18.1 Å². The van der Waals surface area contributed by atoms with Crippen molar-refractivity contribution in [1.29, 1.82) is 0 Å². The van der Waals surface area contributed by atoms with Crippen LogP contribution in [0.4, 0.5) is 0 Å². The van der Waals surface area contributed by atoms with Crippen LogP contribution in [0.15, 0.2) is 11.1 Å². The number of nitrogens with zero attached hydrogens (tertiary/aromatic N) is 1. The lowest BCUT2D eigenvalue weighted by Crippen LogP contribution is -2.40. The van der Waals surface area contributed by atoms with Crippen LogP contribution in [0.3, 0.4) is 0 Å². The smallest absolute Gasteiger partial charge is 0.0195 e. The molecule has 2 rings (SSSR count). The van der Waals surface area contributed by atoms with Crippen molar-refractivity contribution in [1.82, 2.24) is 4.90 Å². The predicted octanol–water partition coefficient (Wildman–Crippen LogP) is 2.44. The molecule has 0 aromatic heterocycles. The topological polar surface area (TPSA) is 3.24 Å². The first kappa shape index (κ1) is 8.31. The maximum Gasteiger partial charge on any atom is 0.0195 e. The number of hydrogen-bond donors (Lipinski definition) is 0. The molecule has 2 unspecified atom stereocenters. The summed E-state index contributed by atoms with van der Waals surface area (Å²) < 4.78 is 0. The Morgan fingerprint density at radius 1 is 1.33 bits per heavy atom. The quantitative estimate of drug-likeness (QED) is 0.498. The number of fused-ring (bicyclic) bond motifs is 1. The Labute approximate surface area is 75.4 Å². The van der Waals surface area contributed by atoms with E-state index in [9.17, 15) is 0 Å². The zero-order chi connectivity index (χ0) is 8.72. The molecular weight excluding hydrogens is 146 g/mol. The van der Waals surface area contributed by atoms with E-state index < -0.39 is 0 Å². The van der Waals surface area contributed by atoms with E-state index in [4.69, 9.17) is 0 Å². The molecule has 0 bridgehead atoms. The van der Waals surface area contributed by atoms with E-state index in [1.807, 2.05) is 0 Å². The van der Waals surface area contributed by atoms with E-state index in [2.05, 4.69) is 25.7 Å². The van der Waals surface area contributed by atoms with Crippen LogP contribution in [0.2, 0.25) is 0 Å². The van der Waals surface area contributed by atoms with Crippen molar-refractivity contribution >= 4 is 0 Å². The maximum absolute atomic E-state index is 2.66. The highest BCUT2D eigenvalue weighted by Crippen LogP contribution is 2.34. The molecule has 2 aliphatic heterocycles. The largest absolute Gasteiger partial charge is 0.296 e. The molecule has 2 aliphatic rings. The minimum absolute atomic E-state index is 0.807. The fraction of sp³-hybridized carbons (Fsp3) is 0.818. The average Bonchev–Trinajstić information content (AvgIpc) is 2.48. The van der Waals surface area contributed by atoms with Gasteiger partial charge in [-0.3, -0.25) is 4.90 Å². The van der Waals surface area contributed by atoms with Crippen molar-refractivity contribution in [2.24, 2.45) is 5.92 Å². The first-order valence-corrected chi connectivity index (χ1v) is 5.10. The minimum Gasteiger partial charge on any atom is -0.296 e. The molecular formula is C11H19N. The fourth-order valence-electron chi connectivity index (χ4n) is 2.72.